The van der Waals surface area contributed by atoms with Crippen LogP contribution in [0, 0.1) is 0 Å². The van der Waals surface area contributed by atoms with Crippen LogP contribution >= 0.6 is 23.2 Å². The van der Waals surface area contributed by atoms with Gasteiger partial charge in [0.2, 0.25) is 0 Å². The fourth-order valence-electron chi connectivity index (χ4n) is 8.12. The van der Waals surface area contributed by atoms with E-state index in [4.69, 9.17) is 42.1 Å². The molecule has 9 rings (SSSR count). The number of ether oxygens (including phenoxy) is 6. The largest absolute Gasteiger partial charge is 0.573 e. The minimum absolute atomic E-state index is 0. The van der Waals surface area contributed by atoms with Crippen molar-refractivity contribution >= 4 is 45.5 Å². The average Bonchev–Trinajstić information content (AvgIpc) is 4.41. The number of hydrogen-bond acceptors (Lipinski definition) is 13. The summed E-state index contributed by atoms with van der Waals surface area (Å²) in [5.41, 5.74) is -1.01. The van der Waals surface area contributed by atoms with Gasteiger partial charge >= 0.3 is 36.1 Å². The summed E-state index contributed by atoms with van der Waals surface area (Å²) in [6, 6.07) is 23.1. The lowest BCUT2D eigenvalue weighted by atomic mass is 10.2. The van der Waals surface area contributed by atoms with Crippen molar-refractivity contribution in [2.45, 2.75) is 98.1 Å². The SMILES string of the molecule is C.C1CCOC1.CCC(Cn1c(=O)c2c(nc(Oc3cccc(OC(F)(F)F)c3)n2Cc2ccc(Cl)cc2)n(C)c1=O)OC.CCC(O)Cn1c(=O)c2c(nc(Oc3cccc(OC(F)(F)F)c3)n2Cc2ccc(Cl)cc2)n(C)c1=O. The second-order valence-corrected chi connectivity index (χ2v) is 18.8. The van der Waals surface area contributed by atoms with Gasteiger partial charge in [-0.1, -0.05) is 80.9 Å². The number of fused-ring (bicyclic) bond motifs is 2. The maximum absolute atomic E-state index is 13.6. The van der Waals surface area contributed by atoms with Gasteiger partial charge in [-0.2, -0.15) is 9.97 Å². The van der Waals surface area contributed by atoms with Crippen molar-refractivity contribution in [2.24, 2.45) is 14.1 Å². The third-order valence-electron chi connectivity index (χ3n) is 12.3. The van der Waals surface area contributed by atoms with E-state index in [1.807, 2.05) is 6.92 Å². The van der Waals surface area contributed by atoms with Crippen LogP contribution in [0.5, 0.6) is 35.0 Å². The first-order valence-corrected chi connectivity index (χ1v) is 25.5. The van der Waals surface area contributed by atoms with Crippen molar-refractivity contribution in [2.75, 3.05) is 20.3 Å². The van der Waals surface area contributed by atoms with Gasteiger partial charge in [-0.15, -0.1) is 26.3 Å². The van der Waals surface area contributed by atoms with Crippen molar-refractivity contribution in [1.29, 1.82) is 0 Å². The van der Waals surface area contributed by atoms with E-state index in [-0.39, 0.29) is 85.6 Å². The molecule has 1 fully saturated rings. The third kappa shape index (κ3) is 16.1. The Morgan fingerprint density at radius 2 is 1.00 bits per heavy atom. The molecule has 0 radical (unpaired) electrons. The Morgan fingerprint density at radius 1 is 0.605 bits per heavy atom. The molecular weight excluding hydrogens is 1120 g/mol. The second-order valence-electron chi connectivity index (χ2n) is 18.0. The predicted molar refractivity (Wildman–Crippen MR) is 290 cm³/mol. The highest BCUT2D eigenvalue weighted by molar-refractivity contribution is 6.30. The van der Waals surface area contributed by atoms with E-state index in [1.54, 1.807) is 55.5 Å². The Balaban J connectivity index is 0.000000237. The summed E-state index contributed by atoms with van der Waals surface area (Å²) in [7, 11) is 4.38. The number of benzene rings is 4. The number of aryl methyl sites for hydroxylation is 2. The van der Waals surface area contributed by atoms with E-state index in [2.05, 4.69) is 19.4 Å². The zero-order valence-electron chi connectivity index (χ0n) is 43.6. The van der Waals surface area contributed by atoms with Gasteiger partial charge in [-0.05, 0) is 85.3 Å². The monoisotopic (exact) mass is 1180 g/mol. The van der Waals surface area contributed by atoms with Gasteiger partial charge in [-0.3, -0.25) is 37.0 Å². The van der Waals surface area contributed by atoms with Crippen LogP contribution in [0.1, 0.15) is 58.1 Å². The Kier molecular flexibility index (Phi) is 21.1. The Hall–Kier alpha value is -7.58. The topological polar surface area (TPSA) is 199 Å². The van der Waals surface area contributed by atoms with Crippen LogP contribution in [0.2, 0.25) is 10.0 Å². The van der Waals surface area contributed by atoms with Crippen LogP contribution in [0.3, 0.4) is 0 Å². The molecule has 2 unspecified atom stereocenters. The first kappa shape index (κ1) is 62.6. The third-order valence-corrected chi connectivity index (χ3v) is 12.8. The normalized spacial score (nSPS) is 13.2. The molecule has 19 nitrogen and oxygen atoms in total. The van der Waals surface area contributed by atoms with Gasteiger partial charge in [0.05, 0.1) is 38.4 Å². The summed E-state index contributed by atoms with van der Waals surface area (Å²) in [5.74, 6) is -1.06. The van der Waals surface area contributed by atoms with Crippen LogP contribution in [-0.2, 0) is 49.7 Å². The summed E-state index contributed by atoms with van der Waals surface area (Å²) in [5, 5.41) is 11.1. The van der Waals surface area contributed by atoms with Crippen LogP contribution in [0.15, 0.2) is 116 Å². The molecule has 1 saturated heterocycles. The fraction of sp³-hybridized carbons (Fsp3) is 0.370. The van der Waals surface area contributed by atoms with Crippen LogP contribution in [0.25, 0.3) is 22.3 Å². The van der Waals surface area contributed by atoms with Gasteiger partial charge in [-0.25, -0.2) is 9.59 Å². The van der Waals surface area contributed by atoms with Gasteiger partial charge in [0.15, 0.2) is 22.3 Å². The number of aromatic nitrogens is 8. The van der Waals surface area contributed by atoms with E-state index in [9.17, 15) is 50.6 Å². The minimum atomic E-state index is -4.90. The maximum atomic E-state index is 13.6. The summed E-state index contributed by atoms with van der Waals surface area (Å²) in [6.07, 6.45) is -7.64. The Morgan fingerprint density at radius 3 is 1.35 bits per heavy atom. The highest BCUT2D eigenvalue weighted by Crippen LogP contribution is 2.32. The lowest BCUT2D eigenvalue weighted by Crippen LogP contribution is -2.42. The predicted octanol–water partition coefficient (Wildman–Crippen LogP) is 10.2. The zero-order chi connectivity index (χ0) is 58.1. The molecule has 4 aromatic heterocycles. The first-order chi connectivity index (χ1) is 38.0. The molecular formula is C54H58Cl2F6N8O11. The van der Waals surface area contributed by atoms with Crippen molar-refractivity contribution < 1.29 is 59.9 Å². The molecule has 5 heterocycles. The molecule has 81 heavy (non-hydrogen) atoms. The zero-order valence-corrected chi connectivity index (χ0v) is 45.1. The average molecular weight is 1180 g/mol. The summed E-state index contributed by atoms with van der Waals surface area (Å²) >= 11 is 12.0. The Labute approximate surface area is 468 Å². The molecule has 0 spiro atoms. The molecule has 436 valence electrons. The molecule has 1 N–H and O–H groups in total. The van der Waals surface area contributed by atoms with E-state index in [0.29, 0.717) is 28.5 Å². The van der Waals surface area contributed by atoms with E-state index >= 15 is 0 Å². The van der Waals surface area contributed by atoms with Crippen molar-refractivity contribution in [3.8, 4) is 35.0 Å². The van der Waals surface area contributed by atoms with Crippen molar-refractivity contribution in [3.63, 3.8) is 0 Å². The number of methoxy groups -OCH3 is 1. The standard InChI is InChI=1S/C25H24ClF3N4O5.C24H22ClF3N4O5.C4H8O.CH4/c1-4-17(36-3)14-33-22(34)20-21(31(2)24(33)35)30-23(32(20)13-15-8-10-16(26)11-9-15)37-18-6-5-7-19(12-18)38-25(27,28)29;1-3-16(33)13-32-21(34)19-20(30(2)23(32)35)29-22(31(19)12-14-7-9-15(25)10-8-14)36-17-5-4-6-18(11-17)37-24(26,27)28;1-2-4-5-3-1;/h5-12,17H,4,13-14H2,1-3H3;4-11,16,33H,3,12-13H2,1-2H3;1-4H2;1H4. The number of halogens is 8. The van der Waals surface area contributed by atoms with Gasteiger partial charge in [0, 0.05) is 56.6 Å². The lowest BCUT2D eigenvalue weighted by Gasteiger charge is -2.15. The van der Waals surface area contributed by atoms with Gasteiger partial charge in [0.25, 0.3) is 11.1 Å². The molecule has 2 atom stereocenters. The molecule has 8 aromatic rings. The maximum Gasteiger partial charge on any atom is 0.573 e. The molecule has 27 heteroatoms. The molecule has 0 amide bonds. The number of alkyl halides is 6. The fourth-order valence-corrected chi connectivity index (χ4v) is 8.38. The van der Waals surface area contributed by atoms with Crippen LogP contribution in [-0.4, -0.2) is 87.7 Å². The van der Waals surface area contributed by atoms with Gasteiger partial charge < -0.3 is 33.5 Å². The summed E-state index contributed by atoms with van der Waals surface area (Å²) < 4.78 is 113. The number of imidazole rings is 2. The second kappa shape index (κ2) is 27.3. The number of hydrogen-bond donors (Lipinski definition) is 1. The number of rotatable bonds is 17. The van der Waals surface area contributed by atoms with E-state index in [1.165, 1.54) is 72.0 Å². The quantitative estimate of drug-likeness (QED) is 0.0846. The molecule has 0 saturated carbocycles. The number of aliphatic hydroxyl groups excluding tert-OH is 1. The molecule has 1 aliphatic heterocycles. The van der Waals surface area contributed by atoms with E-state index in [0.717, 1.165) is 56.7 Å². The Bertz CT molecular complexity index is 3660. The highest BCUT2D eigenvalue weighted by Gasteiger charge is 2.33. The number of aliphatic hydroxyl groups is 1. The molecule has 0 bridgehead atoms. The summed E-state index contributed by atoms with van der Waals surface area (Å²) in [4.78, 5) is 61.7. The smallest absolute Gasteiger partial charge is 0.425 e. The van der Waals surface area contributed by atoms with Crippen LogP contribution < -0.4 is 41.4 Å². The van der Waals surface area contributed by atoms with Crippen molar-refractivity contribution in [3.05, 3.63) is 160 Å². The highest BCUT2D eigenvalue weighted by atomic mass is 35.5. The first-order valence-electron chi connectivity index (χ1n) is 24.7. The molecule has 4 aromatic carbocycles. The molecule has 0 aliphatic carbocycles. The van der Waals surface area contributed by atoms with Gasteiger partial charge in [0.1, 0.15) is 23.0 Å². The minimum Gasteiger partial charge on any atom is -0.425 e. The van der Waals surface area contributed by atoms with Crippen LogP contribution in [0.4, 0.5) is 26.3 Å². The lowest BCUT2D eigenvalue weighted by molar-refractivity contribution is -0.275. The number of nitrogens with zero attached hydrogens (tertiary/aromatic N) is 8. The van der Waals surface area contributed by atoms with Crippen molar-refractivity contribution in [1.82, 2.24) is 37.4 Å². The summed E-state index contributed by atoms with van der Waals surface area (Å²) in [6.45, 7) is 5.54. The van der Waals surface area contributed by atoms with E-state index < -0.39 is 52.8 Å². The molecule has 1 aliphatic rings.